The van der Waals surface area contributed by atoms with Gasteiger partial charge in [-0.1, -0.05) is 72.8 Å². The number of fused-ring (bicyclic) bond motifs is 1. The highest BCUT2D eigenvalue weighted by Gasteiger charge is 2.29. The van der Waals surface area contributed by atoms with E-state index in [-0.39, 0.29) is 18.8 Å². The zero-order chi connectivity index (χ0) is 22.3. The Morgan fingerprint density at radius 1 is 0.906 bits per heavy atom. The molecule has 0 bridgehead atoms. The molecule has 1 heterocycles. The van der Waals surface area contributed by atoms with Gasteiger partial charge in [0.05, 0.1) is 18.8 Å². The Labute approximate surface area is 190 Å². The van der Waals surface area contributed by atoms with E-state index in [4.69, 9.17) is 0 Å². The van der Waals surface area contributed by atoms with Crippen LogP contribution in [-0.4, -0.2) is 39.4 Å². The van der Waals surface area contributed by atoms with Crippen LogP contribution in [0.1, 0.15) is 54.5 Å². The summed E-state index contributed by atoms with van der Waals surface area (Å²) < 4.78 is 0. The topological polar surface area (TPSA) is 63.9 Å². The molecule has 1 saturated heterocycles. The number of hydrogen-bond acceptors (Lipinski definition) is 4. The maximum Gasteiger partial charge on any atom is 0.0790 e. The molecule has 1 fully saturated rings. The Bertz CT molecular complexity index is 973. The molecule has 3 atom stereocenters. The molecule has 0 saturated carbocycles. The summed E-state index contributed by atoms with van der Waals surface area (Å²) in [5.74, 6) is 0. The van der Waals surface area contributed by atoms with Gasteiger partial charge in [0.2, 0.25) is 0 Å². The predicted octanol–water partition coefficient (Wildman–Crippen LogP) is 4.86. The maximum absolute atomic E-state index is 10.4. The quantitative estimate of drug-likeness (QED) is 0.391. The van der Waals surface area contributed by atoms with Crippen LogP contribution in [0, 0.1) is 0 Å². The van der Waals surface area contributed by atoms with Crippen molar-refractivity contribution in [3.05, 3.63) is 95.6 Å². The van der Waals surface area contributed by atoms with Crippen LogP contribution in [0.2, 0.25) is 0 Å². The van der Waals surface area contributed by atoms with Crippen molar-refractivity contribution in [1.82, 2.24) is 4.90 Å². The van der Waals surface area contributed by atoms with E-state index >= 15 is 0 Å². The maximum atomic E-state index is 10.4. The highest BCUT2D eigenvalue weighted by atomic mass is 16.3. The zero-order valence-electron chi connectivity index (χ0n) is 18.5. The summed E-state index contributed by atoms with van der Waals surface area (Å²) in [6, 6.07) is 26.3. The molecule has 0 spiro atoms. The van der Waals surface area contributed by atoms with Crippen molar-refractivity contribution in [3.63, 3.8) is 0 Å². The number of aliphatic hydroxyl groups is 3. The molecule has 4 heteroatoms. The minimum Gasteiger partial charge on any atom is -0.393 e. The lowest BCUT2D eigenvalue weighted by Crippen LogP contribution is -2.39. The molecule has 2 aliphatic carbocycles. The number of aliphatic hydroxyl groups excluding tert-OH is 3. The van der Waals surface area contributed by atoms with Crippen LogP contribution in [0.3, 0.4) is 0 Å². The third-order valence-corrected chi connectivity index (χ3v) is 6.49. The summed E-state index contributed by atoms with van der Waals surface area (Å²) in [4.78, 5) is 2.39. The number of nitrogens with zero attached hydrogens (tertiary/aromatic N) is 1. The second-order valence-corrected chi connectivity index (χ2v) is 8.74. The fourth-order valence-corrected chi connectivity index (χ4v) is 4.60. The molecular weight excluding hydrogens is 398 g/mol. The van der Waals surface area contributed by atoms with Crippen molar-refractivity contribution >= 4 is 0 Å². The van der Waals surface area contributed by atoms with Gasteiger partial charge in [-0.3, -0.25) is 4.90 Å². The van der Waals surface area contributed by atoms with Crippen LogP contribution in [0.15, 0.2) is 78.9 Å². The van der Waals surface area contributed by atoms with Crippen molar-refractivity contribution in [2.75, 3.05) is 13.1 Å². The molecule has 1 aliphatic heterocycles. The lowest BCUT2D eigenvalue weighted by molar-refractivity contribution is 0.0367. The third-order valence-electron chi connectivity index (χ3n) is 6.49. The highest BCUT2D eigenvalue weighted by Crippen LogP contribution is 2.34. The second-order valence-electron chi connectivity index (χ2n) is 8.74. The minimum atomic E-state index is -0.435. The van der Waals surface area contributed by atoms with Gasteiger partial charge in [0.1, 0.15) is 0 Å². The van der Waals surface area contributed by atoms with Crippen LogP contribution in [0.5, 0.6) is 0 Å². The van der Waals surface area contributed by atoms with Gasteiger partial charge in [0.15, 0.2) is 0 Å². The van der Waals surface area contributed by atoms with Gasteiger partial charge in [-0.15, -0.1) is 0 Å². The highest BCUT2D eigenvalue weighted by molar-refractivity contribution is 5.80. The summed E-state index contributed by atoms with van der Waals surface area (Å²) in [6.07, 6.45) is 2.35. The van der Waals surface area contributed by atoms with E-state index in [0.717, 1.165) is 49.0 Å². The summed E-state index contributed by atoms with van der Waals surface area (Å²) in [7, 11) is 0. The number of likely N-dealkylation sites (tertiary alicyclic amines) is 1. The van der Waals surface area contributed by atoms with E-state index in [1.807, 2.05) is 48.5 Å². The molecule has 32 heavy (non-hydrogen) atoms. The smallest absolute Gasteiger partial charge is 0.0790 e. The number of hydrogen-bond donors (Lipinski definition) is 3. The molecule has 3 N–H and O–H groups in total. The van der Waals surface area contributed by atoms with Crippen LogP contribution in [0.25, 0.3) is 11.1 Å². The molecule has 0 radical (unpaired) electrons. The average molecular weight is 432 g/mol. The number of rotatable bonds is 7. The Morgan fingerprint density at radius 3 is 2.28 bits per heavy atom. The predicted molar refractivity (Wildman–Crippen MR) is 128 cm³/mol. The normalized spacial score (nSPS) is 20.2. The molecular formula is C28H33NO3. The fourth-order valence-electron chi connectivity index (χ4n) is 4.60. The van der Waals surface area contributed by atoms with Gasteiger partial charge < -0.3 is 15.3 Å². The fraction of sp³-hybridized carbons (Fsp3) is 0.357. The first-order chi connectivity index (χ1) is 15.7. The Kier molecular flexibility index (Phi) is 7.72. The van der Waals surface area contributed by atoms with Gasteiger partial charge in [-0.05, 0) is 66.1 Å². The van der Waals surface area contributed by atoms with Gasteiger partial charge in [-0.25, -0.2) is 0 Å². The van der Waals surface area contributed by atoms with Gasteiger partial charge >= 0.3 is 0 Å². The van der Waals surface area contributed by atoms with Gasteiger partial charge in [-0.2, -0.15) is 0 Å². The van der Waals surface area contributed by atoms with Crippen molar-refractivity contribution in [2.24, 2.45) is 0 Å². The summed E-state index contributed by atoms with van der Waals surface area (Å²) >= 11 is 0. The average Bonchev–Trinajstić information content (AvgIpc) is 3.44. The molecule has 3 unspecified atom stereocenters. The molecule has 3 aliphatic rings. The molecule has 168 valence electrons. The molecule has 0 amide bonds. The van der Waals surface area contributed by atoms with Crippen LogP contribution in [-0.2, 0) is 6.61 Å². The van der Waals surface area contributed by atoms with E-state index < -0.39 is 6.10 Å². The van der Waals surface area contributed by atoms with E-state index in [1.54, 1.807) is 0 Å². The van der Waals surface area contributed by atoms with Crippen LogP contribution < -0.4 is 0 Å². The van der Waals surface area contributed by atoms with Gasteiger partial charge in [0, 0.05) is 12.6 Å². The second kappa shape index (κ2) is 10.9. The first-order valence-electron chi connectivity index (χ1n) is 11.6. The number of benzene rings is 3. The van der Waals surface area contributed by atoms with E-state index in [0.29, 0.717) is 6.42 Å². The SMILES string of the molecule is OCc1ccccc1C1CC(O)CCN1CCCC(O)c1ccccc1.c1cc2cc-2c1. The summed E-state index contributed by atoms with van der Waals surface area (Å²) in [5, 5.41) is 30.2. The summed E-state index contributed by atoms with van der Waals surface area (Å²) in [5.41, 5.74) is 5.85. The standard InChI is InChI=1S/C22H29NO3.C6H4/c24-16-18-9-4-5-10-20(18)21-15-19(25)12-14-23(21)13-6-11-22(26)17-7-2-1-3-8-17;1-2-5-4-6(5)3-1/h1-5,7-10,19,21-22,24-26H,6,11-16H2;1-4H. The minimum absolute atomic E-state index is 0.0172. The molecule has 2 aromatic rings. The van der Waals surface area contributed by atoms with Crippen molar-refractivity contribution in [3.8, 4) is 11.1 Å². The van der Waals surface area contributed by atoms with Crippen molar-refractivity contribution in [2.45, 2.75) is 50.5 Å². The van der Waals surface area contributed by atoms with Crippen molar-refractivity contribution < 1.29 is 15.3 Å². The lowest BCUT2D eigenvalue weighted by atomic mass is 9.90. The molecule has 5 rings (SSSR count). The van der Waals surface area contributed by atoms with Gasteiger partial charge in [0.25, 0.3) is 0 Å². The monoisotopic (exact) mass is 431 g/mol. The lowest BCUT2D eigenvalue weighted by Gasteiger charge is -2.39. The Balaban J connectivity index is 0.000000346. The molecule has 0 aromatic heterocycles. The Morgan fingerprint density at radius 2 is 1.62 bits per heavy atom. The van der Waals surface area contributed by atoms with E-state index in [2.05, 4.69) is 35.2 Å². The first-order valence-corrected chi connectivity index (χ1v) is 11.6. The molecule has 2 aromatic carbocycles. The van der Waals surface area contributed by atoms with Crippen LogP contribution in [0.4, 0.5) is 0 Å². The third kappa shape index (κ3) is 5.84. The van der Waals surface area contributed by atoms with Crippen LogP contribution >= 0.6 is 0 Å². The van der Waals surface area contributed by atoms with E-state index in [1.165, 1.54) is 11.1 Å². The largest absolute Gasteiger partial charge is 0.393 e. The van der Waals surface area contributed by atoms with Crippen molar-refractivity contribution in [1.29, 1.82) is 0 Å². The van der Waals surface area contributed by atoms with E-state index in [9.17, 15) is 15.3 Å². The summed E-state index contributed by atoms with van der Waals surface area (Å²) in [6.45, 7) is 1.73. The molecule has 4 nitrogen and oxygen atoms in total. The Hall–Kier alpha value is -2.50. The zero-order valence-corrected chi connectivity index (χ0v) is 18.5. The first kappa shape index (κ1) is 22.7. The number of piperidine rings is 1.